The summed E-state index contributed by atoms with van der Waals surface area (Å²) in [6.07, 6.45) is 0. The Bertz CT molecular complexity index is 1070. The first-order chi connectivity index (χ1) is 14.9. The number of esters is 2. The second kappa shape index (κ2) is 9.53. The van der Waals surface area contributed by atoms with Crippen molar-refractivity contribution in [1.29, 1.82) is 0 Å². The number of rotatable bonds is 7. The fraction of sp³-hybridized carbons (Fsp3) is 0.190. The van der Waals surface area contributed by atoms with Crippen molar-refractivity contribution in [2.24, 2.45) is 0 Å². The zero-order valence-corrected chi connectivity index (χ0v) is 17.0. The maximum absolute atomic E-state index is 12.3. The van der Waals surface area contributed by atoms with E-state index in [2.05, 4.69) is 24.9 Å². The third-order valence-electron chi connectivity index (χ3n) is 4.07. The van der Waals surface area contributed by atoms with Crippen molar-refractivity contribution in [1.82, 2.24) is 10.1 Å². The second-order valence-electron chi connectivity index (χ2n) is 6.28. The standard InChI is InChI=1S/C21H19N3O7/c1-12-22-19(24-31-12)13-4-6-17(7-5-13)30-11-18(25)23-16-9-14(20(26)28-2)8-15(10-16)21(27)29-3/h4-10H,11H2,1-3H3,(H,23,25). The van der Waals surface area contributed by atoms with E-state index in [0.717, 1.165) is 5.56 Å². The van der Waals surface area contributed by atoms with Gasteiger partial charge in [0.1, 0.15) is 5.75 Å². The maximum atomic E-state index is 12.3. The average molecular weight is 425 g/mol. The summed E-state index contributed by atoms with van der Waals surface area (Å²) in [6.45, 7) is 1.40. The average Bonchev–Trinajstić information content (AvgIpc) is 3.22. The van der Waals surface area contributed by atoms with E-state index in [0.29, 0.717) is 17.5 Å². The number of nitrogens with one attached hydrogen (secondary N) is 1. The van der Waals surface area contributed by atoms with Gasteiger partial charge >= 0.3 is 11.9 Å². The zero-order valence-electron chi connectivity index (χ0n) is 17.0. The van der Waals surface area contributed by atoms with Crippen LogP contribution in [0.3, 0.4) is 0 Å². The first-order valence-corrected chi connectivity index (χ1v) is 9.04. The summed E-state index contributed by atoms with van der Waals surface area (Å²) < 4.78 is 19.8. The number of hydrogen-bond donors (Lipinski definition) is 1. The minimum Gasteiger partial charge on any atom is -0.484 e. The van der Waals surface area contributed by atoms with Crippen molar-refractivity contribution < 1.29 is 33.1 Å². The second-order valence-corrected chi connectivity index (χ2v) is 6.28. The van der Waals surface area contributed by atoms with Crippen LogP contribution in [0.15, 0.2) is 47.0 Å². The summed E-state index contributed by atoms with van der Waals surface area (Å²) in [5.41, 5.74) is 1.14. The molecule has 0 unspecified atom stereocenters. The number of nitrogens with zero attached hydrogens (tertiary/aromatic N) is 2. The first kappa shape index (κ1) is 21.5. The number of carbonyl (C=O) groups excluding carboxylic acids is 3. The Labute approximate surface area is 177 Å². The Balaban J connectivity index is 1.65. The van der Waals surface area contributed by atoms with Crippen LogP contribution >= 0.6 is 0 Å². The molecule has 10 nitrogen and oxygen atoms in total. The van der Waals surface area contributed by atoms with E-state index >= 15 is 0 Å². The van der Waals surface area contributed by atoms with Crippen LogP contribution in [0.5, 0.6) is 5.75 Å². The molecule has 160 valence electrons. The van der Waals surface area contributed by atoms with Gasteiger partial charge in [0.05, 0.1) is 25.3 Å². The van der Waals surface area contributed by atoms with Crippen LogP contribution in [0, 0.1) is 6.92 Å². The van der Waals surface area contributed by atoms with Gasteiger partial charge in [-0.2, -0.15) is 4.98 Å². The molecule has 31 heavy (non-hydrogen) atoms. The lowest BCUT2D eigenvalue weighted by Gasteiger charge is -2.10. The number of hydrogen-bond acceptors (Lipinski definition) is 9. The molecule has 0 spiro atoms. The molecule has 1 aromatic heterocycles. The third-order valence-corrected chi connectivity index (χ3v) is 4.07. The first-order valence-electron chi connectivity index (χ1n) is 9.04. The molecule has 0 bridgehead atoms. The predicted molar refractivity (Wildman–Crippen MR) is 108 cm³/mol. The largest absolute Gasteiger partial charge is 0.484 e. The Morgan fingerprint density at radius 3 is 2.10 bits per heavy atom. The van der Waals surface area contributed by atoms with Crippen LogP contribution in [-0.2, 0) is 14.3 Å². The molecule has 10 heteroatoms. The molecule has 0 fully saturated rings. The van der Waals surface area contributed by atoms with Gasteiger partial charge in [-0.15, -0.1) is 0 Å². The molecule has 0 saturated carbocycles. The lowest BCUT2D eigenvalue weighted by molar-refractivity contribution is -0.118. The SMILES string of the molecule is COC(=O)c1cc(NC(=O)COc2ccc(-c3noc(C)n3)cc2)cc(C(=O)OC)c1. The molecule has 2 aromatic carbocycles. The molecule has 3 aromatic rings. The van der Waals surface area contributed by atoms with Crippen molar-refractivity contribution in [3.05, 3.63) is 59.5 Å². The summed E-state index contributed by atoms with van der Waals surface area (Å²) >= 11 is 0. The fourth-order valence-electron chi connectivity index (χ4n) is 2.63. The summed E-state index contributed by atoms with van der Waals surface area (Å²) in [6, 6.07) is 10.9. The molecule has 1 amide bonds. The van der Waals surface area contributed by atoms with Crippen LogP contribution in [0.1, 0.15) is 26.6 Å². The van der Waals surface area contributed by atoms with Crippen molar-refractivity contribution in [3.8, 4) is 17.1 Å². The lowest BCUT2D eigenvalue weighted by atomic mass is 10.1. The van der Waals surface area contributed by atoms with Gasteiger partial charge in [0.15, 0.2) is 6.61 Å². The number of amides is 1. The fourth-order valence-corrected chi connectivity index (χ4v) is 2.63. The molecular formula is C21H19N3O7. The van der Waals surface area contributed by atoms with Crippen molar-refractivity contribution >= 4 is 23.5 Å². The minimum absolute atomic E-state index is 0.0916. The van der Waals surface area contributed by atoms with Gasteiger partial charge < -0.3 is 24.1 Å². The van der Waals surface area contributed by atoms with Gasteiger partial charge in [0.25, 0.3) is 5.91 Å². The van der Waals surface area contributed by atoms with Crippen LogP contribution in [0.25, 0.3) is 11.4 Å². The molecule has 0 radical (unpaired) electrons. The highest BCUT2D eigenvalue weighted by Crippen LogP contribution is 2.20. The van der Waals surface area contributed by atoms with Gasteiger partial charge in [-0.3, -0.25) is 4.79 Å². The summed E-state index contributed by atoms with van der Waals surface area (Å²) in [5.74, 6) is -0.440. The lowest BCUT2D eigenvalue weighted by Crippen LogP contribution is -2.21. The highest BCUT2D eigenvalue weighted by Gasteiger charge is 2.15. The topological polar surface area (TPSA) is 130 Å². The van der Waals surface area contributed by atoms with Crippen molar-refractivity contribution in [2.75, 3.05) is 26.1 Å². The molecule has 0 aliphatic carbocycles. The smallest absolute Gasteiger partial charge is 0.337 e. The van der Waals surface area contributed by atoms with E-state index in [9.17, 15) is 14.4 Å². The number of aryl methyl sites for hydroxylation is 1. The van der Waals surface area contributed by atoms with Crippen LogP contribution < -0.4 is 10.1 Å². The molecule has 0 aliphatic heterocycles. The normalized spacial score (nSPS) is 10.3. The molecule has 0 aliphatic rings. The molecule has 1 heterocycles. The summed E-state index contributed by atoms with van der Waals surface area (Å²) in [4.78, 5) is 40.1. The Kier molecular flexibility index (Phi) is 6.61. The summed E-state index contributed by atoms with van der Waals surface area (Å²) in [7, 11) is 2.43. The van der Waals surface area contributed by atoms with E-state index in [-0.39, 0.29) is 23.4 Å². The molecule has 3 rings (SSSR count). The highest BCUT2D eigenvalue weighted by atomic mass is 16.5. The Hall–Kier alpha value is -4.21. The number of carbonyl (C=O) groups is 3. The predicted octanol–water partition coefficient (Wildman–Crippen LogP) is 2.64. The van der Waals surface area contributed by atoms with Gasteiger partial charge in [-0.1, -0.05) is 5.16 Å². The van der Waals surface area contributed by atoms with Crippen molar-refractivity contribution in [2.45, 2.75) is 6.92 Å². The molecule has 0 saturated heterocycles. The van der Waals surface area contributed by atoms with E-state index in [1.165, 1.54) is 32.4 Å². The minimum atomic E-state index is -0.658. The monoisotopic (exact) mass is 425 g/mol. The Morgan fingerprint density at radius 1 is 0.968 bits per heavy atom. The zero-order chi connectivity index (χ0) is 22.4. The number of ether oxygens (including phenoxy) is 3. The van der Waals surface area contributed by atoms with Crippen molar-refractivity contribution in [3.63, 3.8) is 0 Å². The van der Waals surface area contributed by atoms with Gasteiger partial charge in [-0.25, -0.2) is 9.59 Å². The summed E-state index contributed by atoms with van der Waals surface area (Å²) in [5, 5.41) is 6.41. The van der Waals surface area contributed by atoms with Crippen LogP contribution in [0.4, 0.5) is 5.69 Å². The molecule has 0 atom stereocenters. The van der Waals surface area contributed by atoms with E-state index in [1.807, 2.05) is 0 Å². The van der Waals surface area contributed by atoms with E-state index in [1.54, 1.807) is 31.2 Å². The van der Waals surface area contributed by atoms with Crippen LogP contribution in [-0.4, -0.2) is 48.8 Å². The number of methoxy groups -OCH3 is 2. The number of aromatic nitrogens is 2. The molecular weight excluding hydrogens is 406 g/mol. The van der Waals surface area contributed by atoms with E-state index in [4.69, 9.17) is 9.26 Å². The highest BCUT2D eigenvalue weighted by molar-refractivity contribution is 5.99. The van der Waals surface area contributed by atoms with E-state index < -0.39 is 17.8 Å². The number of benzene rings is 2. The van der Waals surface area contributed by atoms with Gasteiger partial charge in [0, 0.05) is 18.2 Å². The maximum Gasteiger partial charge on any atom is 0.337 e. The third kappa shape index (κ3) is 5.44. The Morgan fingerprint density at radius 2 is 1.58 bits per heavy atom. The van der Waals surface area contributed by atoms with Crippen LogP contribution in [0.2, 0.25) is 0 Å². The number of anilines is 1. The van der Waals surface area contributed by atoms with Gasteiger partial charge in [-0.05, 0) is 42.5 Å². The van der Waals surface area contributed by atoms with Gasteiger partial charge in [0.2, 0.25) is 11.7 Å². The quantitative estimate of drug-likeness (QED) is 0.568. The molecule has 1 N–H and O–H groups in total.